The molecule has 7 heteroatoms. The molecule has 2 rings (SSSR count). The van der Waals surface area contributed by atoms with E-state index in [9.17, 15) is 9.59 Å². The highest BCUT2D eigenvalue weighted by Crippen LogP contribution is 2.10. The van der Waals surface area contributed by atoms with E-state index in [1.165, 1.54) is 12.5 Å². The molecule has 0 saturated heterocycles. The number of hydrogen-bond acceptors (Lipinski definition) is 6. The van der Waals surface area contributed by atoms with Crippen LogP contribution in [-0.4, -0.2) is 31.3 Å². The van der Waals surface area contributed by atoms with Gasteiger partial charge < -0.3 is 23.8 Å². The van der Waals surface area contributed by atoms with Crippen LogP contribution < -0.4 is 0 Å². The van der Waals surface area contributed by atoms with E-state index in [-0.39, 0.29) is 5.48 Å². The Morgan fingerprint density at radius 3 is 1.56 bits per heavy atom. The van der Waals surface area contributed by atoms with Crippen molar-refractivity contribution in [3.63, 3.8) is 0 Å². The van der Waals surface area contributed by atoms with Crippen molar-refractivity contribution in [2.24, 2.45) is 0 Å². The minimum absolute atomic E-state index is 0. The van der Waals surface area contributed by atoms with E-state index in [0.717, 1.165) is 50.0 Å². The van der Waals surface area contributed by atoms with Gasteiger partial charge in [0, 0.05) is 24.3 Å². The molecule has 0 aliphatic carbocycles. The first-order valence-electron chi connectivity index (χ1n) is 8.95. The van der Waals surface area contributed by atoms with Crippen molar-refractivity contribution >= 4 is 12.6 Å². The molecule has 7 nitrogen and oxygen atoms in total. The molecule has 2 heterocycles. The molecule has 152 valence electrons. The van der Waals surface area contributed by atoms with Crippen LogP contribution in [0.3, 0.4) is 0 Å². The molecule has 0 saturated carbocycles. The van der Waals surface area contributed by atoms with Crippen LogP contribution in [0.1, 0.15) is 71.8 Å². The second kappa shape index (κ2) is 16.0. The summed E-state index contributed by atoms with van der Waals surface area (Å²) in [5, 5.41) is 0. The van der Waals surface area contributed by atoms with E-state index < -0.39 is 0 Å². The Hall–Kier alpha value is -2.22. The first kappa shape index (κ1) is 24.8. The molecule has 2 aromatic heterocycles. The van der Waals surface area contributed by atoms with Gasteiger partial charge in [-0.2, -0.15) is 0 Å². The maximum absolute atomic E-state index is 10.4. The van der Waals surface area contributed by atoms with Gasteiger partial charge in [0.2, 0.25) is 0 Å². The minimum Gasteiger partial charge on any atom is -0.461 e. The summed E-state index contributed by atoms with van der Waals surface area (Å²) in [4.78, 5) is 20.9. The van der Waals surface area contributed by atoms with Gasteiger partial charge in [0.05, 0.1) is 25.7 Å². The highest BCUT2D eigenvalue weighted by molar-refractivity contribution is 5.73. The molecule has 0 amide bonds. The number of rotatable bonds is 12. The summed E-state index contributed by atoms with van der Waals surface area (Å²) in [6.07, 6.45) is 8.75. The molecule has 0 bridgehead atoms. The third-order valence-corrected chi connectivity index (χ3v) is 3.58. The Labute approximate surface area is 159 Å². The predicted molar refractivity (Wildman–Crippen MR) is 101 cm³/mol. The second-order valence-electron chi connectivity index (χ2n) is 5.67. The SMILES string of the molecule is CCCCOCc1ccoc1C=O.CCCCOCc1ccoc1C=O.O. The van der Waals surface area contributed by atoms with E-state index in [1.807, 2.05) is 0 Å². The van der Waals surface area contributed by atoms with Gasteiger partial charge in [0.1, 0.15) is 0 Å². The molecular weight excluding hydrogens is 352 g/mol. The van der Waals surface area contributed by atoms with Gasteiger partial charge in [-0.25, -0.2) is 0 Å². The molecule has 0 aliphatic rings. The third-order valence-electron chi connectivity index (χ3n) is 3.58. The van der Waals surface area contributed by atoms with Crippen LogP contribution in [0.15, 0.2) is 33.5 Å². The lowest BCUT2D eigenvalue weighted by Crippen LogP contribution is -1.96. The Morgan fingerprint density at radius 1 is 0.815 bits per heavy atom. The highest BCUT2D eigenvalue weighted by Gasteiger charge is 2.04. The Kier molecular flexibility index (Phi) is 14.7. The average Bonchev–Trinajstić information content (AvgIpc) is 3.31. The van der Waals surface area contributed by atoms with Gasteiger partial charge in [-0.15, -0.1) is 0 Å². The van der Waals surface area contributed by atoms with Crippen LogP contribution in [-0.2, 0) is 22.7 Å². The number of hydrogen-bond donors (Lipinski definition) is 0. The number of aldehydes is 2. The minimum atomic E-state index is 0. The molecule has 0 unspecified atom stereocenters. The largest absolute Gasteiger partial charge is 0.461 e. The number of furan rings is 2. The van der Waals surface area contributed by atoms with Gasteiger partial charge >= 0.3 is 0 Å². The normalized spacial score (nSPS) is 9.85. The van der Waals surface area contributed by atoms with Crippen LogP contribution in [0.4, 0.5) is 0 Å². The summed E-state index contributed by atoms with van der Waals surface area (Å²) in [6, 6.07) is 3.52. The van der Waals surface area contributed by atoms with Crippen LogP contribution in [0, 0.1) is 0 Å². The highest BCUT2D eigenvalue weighted by atomic mass is 16.5. The van der Waals surface area contributed by atoms with Gasteiger partial charge in [-0.05, 0) is 25.0 Å². The summed E-state index contributed by atoms with van der Waals surface area (Å²) in [6.45, 7) is 6.62. The molecule has 0 aliphatic heterocycles. The zero-order valence-electron chi connectivity index (χ0n) is 16.1. The molecule has 0 fully saturated rings. The second-order valence-corrected chi connectivity index (χ2v) is 5.67. The van der Waals surface area contributed by atoms with Crippen LogP contribution >= 0.6 is 0 Å². The van der Waals surface area contributed by atoms with Gasteiger partial charge in [0.15, 0.2) is 24.1 Å². The summed E-state index contributed by atoms with van der Waals surface area (Å²) in [5.74, 6) is 0.744. The van der Waals surface area contributed by atoms with E-state index in [2.05, 4.69) is 13.8 Å². The number of carbonyl (C=O) groups is 2. The lowest BCUT2D eigenvalue weighted by molar-refractivity contribution is 0.106. The monoisotopic (exact) mass is 382 g/mol. The first-order chi connectivity index (χ1) is 12.8. The number of carbonyl (C=O) groups excluding carboxylic acids is 2. The van der Waals surface area contributed by atoms with Crippen molar-refractivity contribution in [2.45, 2.75) is 52.7 Å². The maximum atomic E-state index is 10.4. The fourth-order valence-electron chi connectivity index (χ4n) is 2.00. The Bertz CT molecular complexity index is 561. The van der Waals surface area contributed by atoms with Gasteiger partial charge in [0.25, 0.3) is 0 Å². The Balaban J connectivity index is 0.000000483. The smallest absolute Gasteiger partial charge is 0.185 e. The molecule has 0 radical (unpaired) electrons. The molecule has 2 N–H and O–H groups in total. The lowest BCUT2D eigenvalue weighted by atomic mass is 10.3. The predicted octanol–water partition coefficient (Wildman–Crippen LogP) is 3.99. The first-order valence-corrected chi connectivity index (χ1v) is 8.95. The van der Waals surface area contributed by atoms with Crippen LogP contribution in [0.5, 0.6) is 0 Å². The summed E-state index contributed by atoms with van der Waals surface area (Å²) in [5.41, 5.74) is 1.65. The zero-order valence-corrected chi connectivity index (χ0v) is 16.1. The molecular formula is C20H30O7. The molecule has 0 atom stereocenters. The van der Waals surface area contributed by atoms with Gasteiger partial charge in [-0.1, -0.05) is 26.7 Å². The summed E-state index contributed by atoms with van der Waals surface area (Å²) < 4.78 is 20.5. The van der Waals surface area contributed by atoms with E-state index >= 15 is 0 Å². The van der Waals surface area contributed by atoms with Crippen molar-refractivity contribution in [3.05, 3.63) is 47.3 Å². The molecule has 0 spiro atoms. The van der Waals surface area contributed by atoms with Crippen LogP contribution in [0.2, 0.25) is 0 Å². The standard InChI is InChI=1S/2C10H14O3.H2O/c2*1-2-3-5-12-8-9-4-6-13-10(9)7-11;/h2*4,6-7H,2-3,5,8H2,1H3;1H2. The average molecular weight is 382 g/mol. The fourth-order valence-corrected chi connectivity index (χ4v) is 2.00. The maximum Gasteiger partial charge on any atom is 0.185 e. The summed E-state index contributed by atoms with van der Waals surface area (Å²) >= 11 is 0. The van der Waals surface area contributed by atoms with Crippen molar-refractivity contribution in [1.29, 1.82) is 0 Å². The number of unbranched alkanes of at least 4 members (excludes halogenated alkanes) is 2. The van der Waals surface area contributed by atoms with E-state index in [4.69, 9.17) is 18.3 Å². The summed E-state index contributed by atoms with van der Waals surface area (Å²) in [7, 11) is 0. The zero-order chi connectivity index (χ0) is 19.0. The fraction of sp³-hybridized carbons (Fsp3) is 0.500. The molecule has 0 aromatic carbocycles. The molecule has 27 heavy (non-hydrogen) atoms. The van der Waals surface area contributed by atoms with Gasteiger partial charge in [-0.3, -0.25) is 9.59 Å². The quantitative estimate of drug-likeness (QED) is 0.405. The van der Waals surface area contributed by atoms with Crippen molar-refractivity contribution in [3.8, 4) is 0 Å². The Morgan fingerprint density at radius 2 is 1.22 bits per heavy atom. The lowest BCUT2D eigenvalue weighted by Gasteiger charge is -2.00. The number of ether oxygens (including phenoxy) is 2. The topological polar surface area (TPSA) is 110 Å². The van der Waals surface area contributed by atoms with Crippen molar-refractivity contribution in [1.82, 2.24) is 0 Å². The van der Waals surface area contributed by atoms with Crippen LogP contribution in [0.25, 0.3) is 0 Å². The van der Waals surface area contributed by atoms with Crippen molar-refractivity contribution in [2.75, 3.05) is 13.2 Å². The van der Waals surface area contributed by atoms with Crippen molar-refractivity contribution < 1.29 is 33.4 Å². The third kappa shape index (κ3) is 9.89. The van der Waals surface area contributed by atoms with E-state index in [1.54, 1.807) is 12.1 Å². The molecule has 2 aromatic rings. The van der Waals surface area contributed by atoms with E-state index in [0.29, 0.717) is 37.3 Å².